The van der Waals surface area contributed by atoms with E-state index < -0.39 is 10.0 Å². The molecule has 0 amide bonds. The molecule has 0 fully saturated rings. The molecule has 1 aromatic carbocycles. The highest BCUT2D eigenvalue weighted by Gasteiger charge is 2.17. The van der Waals surface area contributed by atoms with Crippen molar-refractivity contribution in [2.75, 3.05) is 17.8 Å². The zero-order chi connectivity index (χ0) is 15.3. The standard InChI is InChI=1S/C14H17BrN2O2S2/c1-2-16-9-8-13-6-7-14(20-13)21(18,19)17-12-5-3-4-11(15)10-12/h3-7,10,16-17H,2,8-9H2,1H3. The third-order valence-electron chi connectivity index (χ3n) is 2.78. The quantitative estimate of drug-likeness (QED) is 0.713. The highest BCUT2D eigenvalue weighted by atomic mass is 79.9. The van der Waals surface area contributed by atoms with Crippen molar-refractivity contribution in [1.82, 2.24) is 5.32 Å². The van der Waals surface area contributed by atoms with E-state index in [0.717, 1.165) is 28.9 Å². The lowest BCUT2D eigenvalue weighted by molar-refractivity contribution is 0.603. The minimum Gasteiger partial charge on any atom is -0.317 e. The number of likely N-dealkylation sites (N-methyl/N-ethyl adjacent to an activating group) is 1. The molecule has 1 aromatic heterocycles. The molecule has 0 aliphatic heterocycles. The maximum Gasteiger partial charge on any atom is 0.271 e. The van der Waals surface area contributed by atoms with Crippen LogP contribution in [0.15, 0.2) is 45.1 Å². The Morgan fingerprint density at radius 1 is 1.24 bits per heavy atom. The van der Waals surface area contributed by atoms with Gasteiger partial charge in [-0.15, -0.1) is 11.3 Å². The molecular formula is C14H17BrN2O2S2. The fourth-order valence-corrected chi connectivity index (χ4v) is 4.59. The summed E-state index contributed by atoms with van der Waals surface area (Å²) >= 11 is 4.64. The van der Waals surface area contributed by atoms with Crippen molar-refractivity contribution in [2.45, 2.75) is 17.6 Å². The molecule has 0 saturated carbocycles. The lowest BCUT2D eigenvalue weighted by Crippen LogP contribution is -2.15. The van der Waals surface area contributed by atoms with Crippen LogP contribution in [0.25, 0.3) is 0 Å². The van der Waals surface area contributed by atoms with E-state index in [1.165, 1.54) is 11.3 Å². The van der Waals surface area contributed by atoms with E-state index in [-0.39, 0.29) is 0 Å². The predicted molar refractivity (Wildman–Crippen MR) is 91.5 cm³/mol. The molecule has 0 aliphatic rings. The first-order valence-corrected chi connectivity index (χ1v) is 9.68. The summed E-state index contributed by atoms with van der Waals surface area (Å²) in [4.78, 5) is 1.06. The lowest BCUT2D eigenvalue weighted by atomic mass is 10.3. The number of thiophene rings is 1. The average molecular weight is 389 g/mol. The molecule has 0 unspecified atom stereocenters. The summed E-state index contributed by atoms with van der Waals surface area (Å²) in [7, 11) is -3.51. The predicted octanol–water partition coefficient (Wildman–Crippen LogP) is 3.46. The molecule has 4 nitrogen and oxygen atoms in total. The van der Waals surface area contributed by atoms with E-state index in [0.29, 0.717) is 9.90 Å². The van der Waals surface area contributed by atoms with E-state index in [9.17, 15) is 8.42 Å². The number of rotatable bonds is 7. The van der Waals surface area contributed by atoms with Crippen LogP contribution < -0.4 is 10.0 Å². The molecule has 2 aromatic rings. The van der Waals surface area contributed by atoms with Gasteiger partial charge in [0, 0.05) is 15.0 Å². The largest absolute Gasteiger partial charge is 0.317 e. The van der Waals surface area contributed by atoms with Crippen LogP contribution in [-0.4, -0.2) is 21.5 Å². The molecule has 0 atom stereocenters. The minimum atomic E-state index is -3.51. The van der Waals surface area contributed by atoms with Crippen molar-refractivity contribution in [2.24, 2.45) is 0 Å². The number of halogens is 1. The van der Waals surface area contributed by atoms with Gasteiger partial charge in [-0.2, -0.15) is 0 Å². The summed E-state index contributed by atoms with van der Waals surface area (Å²) in [6.07, 6.45) is 0.838. The van der Waals surface area contributed by atoms with Crippen LogP contribution in [0.2, 0.25) is 0 Å². The molecule has 0 radical (unpaired) electrons. The summed E-state index contributed by atoms with van der Waals surface area (Å²) in [6.45, 7) is 3.82. The van der Waals surface area contributed by atoms with Gasteiger partial charge in [-0.1, -0.05) is 28.9 Å². The smallest absolute Gasteiger partial charge is 0.271 e. The summed E-state index contributed by atoms with van der Waals surface area (Å²) in [5.74, 6) is 0. The molecule has 0 aliphatic carbocycles. The normalized spacial score (nSPS) is 11.5. The van der Waals surface area contributed by atoms with Crippen molar-refractivity contribution in [1.29, 1.82) is 0 Å². The lowest BCUT2D eigenvalue weighted by Gasteiger charge is -2.06. The van der Waals surface area contributed by atoms with Gasteiger partial charge in [-0.05, 0) is 49.8 Å². The summed E-state index contributed by atoms with van der Waals surface area (Å²) in [5, 5.41) is 3.23. The first-order valence-electron chi connectivity index (χ1n) is 6.59. The molecule has 21 heavy (non-hydrogen) atoms. The van der Waals surface area contributed by atoms with E-state index in [1.807, 2.05) is 19.1 Å². The zero-order valence-electron chi connectivity index (χ0n) is 11.6. The third-order valence-corrected chi connectivity index (χ3v) is 6.29. The molecule has 7 heteroatoms. The second-order valence-corrected chi connectivity index (χ2v) is 8.43. The molecule has 0 saturated heterocycles. The molecule has 2 N–H and O–H groups in total. The second-order valence-electron chi connectivity index (χ2n) is 4.44. The van der Waals surface area contributed by atoms with E-state index >= 15 is 0 Å². The van der Waals surface area contributed by atoms with E-state index in [4.69, 9.17) is 0 Å². The fourth-order valence-electron chi connectivity index (χ4n) is 1.78. The zero-order valence-corrected chi connectivity index (χ0v) is 14.8. The number of sulfonamides is 1. The van der Waals surface area contributed by atoms with Gasteiger partial charge < -0.3 is 5.32 Å². The number of hydrogen-bond acceptors (Lipinski definition) is 4. The summed E-state index contributed by atoms with van der Waals surface area (Å²) in [6, 6.07) is 10.6. The van der Waals surface area contributed by atoms with Crippen molar-refractivity contribution >= 4 is 43.0 Å². The van der Waals surface area contributed by atoms with Crippen molar-refractivity contribution in [3.8, 4) is 0 Å². The molecule has 0 spiro atoms. The highest BCUT2D eigenvalue weighted by molar-refractivity contribution is 9.10. The molecular weight excluding hydrogens is 372 g/mol. The molecule has 0 bridgehead atoms. The Hall–Kier alpha value is -0.890. The average Bonchev–Trinajstić information content (AvgIpc) is 2.88. The maximum absolute atomic E-state index is 12.3. The van der Waals surface area contributed by atoms with Gasteiger partial charge >= 0.3 is 0 Å². The van der Waals surface area contributed by atoms with Gasteiger partial charge in [0.05, 0.1) is 0 Å². The first kappa shape index (κ1) is 16.5. The van der Waals surface area contributed by atoms with Crippen molar-refractivity contribution < 1.29 is 8.42 Å². The Morgan fingerprint density at radius 3 is 2.76 bits per heavy atom. The number of nitrogens with one attached hydrogen (secondary N) is 2. The van der Waals surface area contributed by atoms with Crippen LogP contribution in [0, 0.1) is 0 Å². The first-order chi connectivity index (χ1) is 10.0. The molecule has 114 valence electrons. The Bertz CT molecular complexity index is 699. The monoisotopic (exact) mass is 388 g/mol. The number of benzene rings is 1. The fraction of sp³-hybridized carbons (Fsp3) is 0.286. The van der Waals surface area contributed by atoms with Gasteiger partial charge in [0.15, 0.2) is 0 Å². The van der Waals surface area contributed by atoms with Gasteiger partial charge in [-0.3, -0.25) is 4.72 Å². The van der Waals surface area contributed by atoms with Crippen LogP contribution in [0.4, 0.5) is 5.69 Å². The van der Waals surface area contributed by atoms with Crippen LogP contribution in [0.1, 0.15) is 11.8 Å². The van der Waals surface area contributed by atoms with Crippen LogP contribution in [-0.2, 0) is 16.4 Å². The van der Waals surface area contributed by atoms with Gasteiger partial charge in [-0.25, -0.2) is 8.42 Å². The van der Waals surface area contributed by atoms with E-state index in [2.05, 4.69) is 26.0 Å². The number of anilines is 1. The van der Waals surface area contributed by atoms with Gasteiger partial charge in [0.25, 0.3) is 10.0 Å². The topological polar surface area (TPSA) is 58.2 Å². The Morgan fingerprint density at radius 2 is 2.05 bits per heavy atom. The Balaban J connectivity index is 2.09. The van der Waals surface area contributed by atoms with Crippen LogP contribution in [0.3, 0.4) is 0 Å². The SMILES string of the molecule is CCNCCc1ccc(S(=O)(=O)Nc2cccc(Br)c2)s1. The maximum atomic E-state index is 12.3. The Kier molecular flexibility index (Phi) is 5.80. The van der Waals surface area contributed by atoms with Gasteiger partial charge in [0.1, 0.15) is 4.21 Å². The minimum absolute atomic E-state index is 0.342. The van der Waals surface area contributed by atoms with E-state index in [1.54, 1.807) is 24.3 Å². The molecule has 2 rings (SSSR count). The van der Waals surface area contributed by atoms with Crippen molar-refractivity contribution in [3.05, 3.63) is 45.7 Å². The molecule has 1 heterocycles. The number of hydrogen-bond donors (Lipinski definition) is 2. The van der Waals surface area contributed by atoms with Crippen molar-refractivity contribution in [3.63, 3.8) is 0 Å². The second kappa shape index (κ2) is 7.40. The van der Waals surface area contributed by atoms with Crippen LogP contribution >= 0.6 is 27.3 Å². The highest BCUT2D eigenvalue weighted by Crippen LogP contribution is 2.25. The third kappa shape index (κ3) is 4.81. The Labute approximate surface area is 137 Å². The summed E-state index contributed by atoms with van der Waals surface area (Å²) < 4.78 is 28.4. The van der Waals surface area contributed by atoms with Crippen LogP contribution in [0.5, 0.6) is 0 Å². The van der Waals surface area contributed by atoms with Gasteiger partial charge in [0.2, 0.25) is 0 Å². The summed E-state index contributed by atoms with van der Waals surface area (Å²) in [5.41, 5.74) is 0.548.